The second kappa shape index (κ2) is 8.12. The van der Waals surface area contributed by atoms with E-state index in [1.165, 1.54) is 17.7 Å². The molecule has 0 aromatic carbocycles. The van der Waals surface area contributed by atoms with Crippen LogP contribution in [0, 0.1) is 0 Å². The van der Waals surface area contributed by atoms with Crippen LogP contribution in [0.25, 0.3) is 11.5 Å². The van der Waals surface area contributed by atoms with Crippen molar-refractivity contribution in [2.24, 2.45) is 0 Å². The Morgan fingerprint density at radius 1 is 1.11 bits per heavy atom. The monoisotopic (exact) mass is 392 g/mol. The maximum atomic E-state index is 13.0. The molecule has 0 saturated heterocycles. The molecule has 1 unspecified atom stereocenters. The Kier molecular flexibility index (Phi) is 5.81. The summed E-state index contributed by atoms with van der Waals surface area (Å²) in [5.74, 6) is 0.678. The Bertz CT molecular complexity index is 872. The van der Waals surface area contributed by atoms with Crippen molar-refractivity contribution in [1.29, 1.82) is 0 Å². The van der Waals surface area contributed by atoms with E-state index in [-0.39, 0.29) is 23.5 Å². The Morgan fingerprint density at radius 3 is 2.46 bits per heavy atom. The zero-order valence-electron chi connectivity index (χ0n) is 16.1. The molecule has 0 bridgehead atoms. The highest BCUT2D eigenvalue weighted by Crippen LogP contribution is 2.32. The van der Waals surface area contributed by atoms with Crippen molar-refractivity contribution in [3.63, 3.8) is 0 Å². The first kappa shape index (κ1) is 20.0. The van der Waals surface area contributed by atoms with Crippen molar-refractivity contribution in [1.82, 2.24) is 19.9 Å². The van der Waals surface area contributed by atoms with Gasteiger partial charge in [0, 0.05) is 11.7 Å². The van der Waals surface area contributed by atoms with Crippen molar-refractivity contribution in [3.8, 4) is 11.5 Å². The number of alkyl halides is 3. The molecule has 9 heteroatoms. The van der Waals surface area contributed by atoms with Crippen LogP contribution in [-0.2, 0) is 6.18 Å². The van der Waals surface area contributed by atoms with E-state index in [0.29, 0.717) is 5.95 Å². The van der Waals surface area contributed by atoms with Gasteiger partial charge >= 0.3 is 6.18 Å². The summed E-state index contributed by atoms with van der Waals surface area (Å²) in [6.45, 7) is 6.00. The Balaban J connectivity index is 1.98. The number of nitrogens with zero attached hydrogens (tertiary/aromatic N) is 4. The fourth-order valence-corrected chi connectivity index (χ4v) is 2.75. The van der Waals surface area contributed by atoms with Gasteiger partial charge < -0.3 is 10.6 Å². The summed E-state index contributed by atoms with van der Waals surface area (Å²) >= 11 is 0. The molecule has 1 fully saturated rings. The van der Waals surface area contributed by atoms with Crippen molar-refractivity contribution >= 4 is 11.9 Å². The first-order chi connectivity index (χ1) is 13.3. The topological polar surface area (TPSA) is 75.6 Å². The lowest BCUT2D eigenvalue weighted by atomic mass is 10.2. The van der Waals surface area contributed by atoms with Crippen LogP contribution in [0.5, 0.6) is 0 Å². The molecule has 6 nitrogen and oxygen atoms in total. The quantitative estimate of drug-likeness (QED) is 0.688. The van der Waals surface area contributed by atoms with Crippen LogP contribution >= 0.6 is 0 Å². The molecule has 3 rings (SSSR count). The Morgan fingerprint density at radius 2 is 1.82 bits per heavy atom. The van der Waals surface area contributed by atoms with Crippen LogP contribution < -0.4 is 10.6 Å². The van der Waals surface area contributed by atoms with Crippen LogP contribution in [0.3, 0.4) is 0 Å². The molecular weight excluding hydrogens is 369 g/mol. The minimum absolute atomic E-state index is 0.0446. The van der Waals surface area contributed by atoms with Gasteiger partial charge in [-0.05, 0) is 45.2 Å². The molecule has 1 aliphatic carbocycles. The van der Waals surface area contributed by atoms with E-state index in [9.17, 15) is 13.2 Å². The van der Waals surface area contributed by atoms with Gasteiger partial charge in [-0.3, -0.25) is 0 Å². The van der Waals surface area contributed by atoms with Crippen molar-refractivity contribution in [2.45, 2.75) is 58.7 Å². The number of pyridine rings is 1. The van der Waals surface area contributed by atoms with Crippen LogP contribution in [0.2, 0.25) is 0 Å². The second-order valence-electron chi connectivity index (χ2n) is 6.90. The SMILES string of the molecule is CCCC(C)Nc1nc(NC(C)=C2CC2)nc(-c2cccc(C(F)(F)F)n2)n1. The average Bonchev–Trinajstić information content (AvgIpc) is 3.46. The molecule has 2 aromatic heterocycles. The maximum Gasteiger partial charge on any atom is 0.433 e. The normalized spacial score (nSPS) is 14.6. The molecule has 0 aliphatic heterocycles. The predicted molar refractivity (Wildman–Crippen MR) is 102 cm³/mol. The zero-order chi connectivity index (χ0) is 20.3. The number of hydrogen-bond donors (Lipinski definition) is 2. The van der Waals surface area contributed by atoms with Gasteiger partial charge in [-0.1, -0.05) is 25.0 Å². The van der Waals surface area contributed by atoms with Gasteiger partial charge in [0.2, 0.25) is 11.9 Å². The third kappa shape index (κ3) is 5.17. The maximum absolute atomic E-state index is 13.0. The van der Waals surface area contributed by atoms with E-state index >= 15 is 0 Å². The molecule has 0 amide bonds. The highest BCUT2D eigenvalue weighted by atomic mass is 19.4. The third-order valence-corrected chi connectivity index (χ3v) is 4.33. The first-order valence-corrected chi connectivity index (χ1v) is 9.29. The van der Waals surface area contributed by atoms with Gasteiger partial charge in [0.05, 0.1) is 0 Å². The number of nitrogens with one attached hydrogen (secondary N) is 2. The summed E-state index contributed by atoms with van der Waals surface area (Å²) in [5.41, 5.74) is 1.31. The molecule has 28 heavy (non-hydrogen) atoms. The molecule has 0 spiro atoms. The lowest BCUT2D eigenvalue weighted by Crippen LogP contribution is -2.18. The highest BCUT2D eigenvalue weighted by Gasteiger charge is 2.32. The van der Waals surface area contributed by atoms with E-state index < -0.39 is 11.9 Å². The van der Waals surface area contributed by atoms with E-state index in [1.54, 1.807) is 0 Å². The standard InChI is InChI=1S/C19H23F3N6/c1-4-6-11(2)23-17-26-16(14-7-5-8-15(25-14)19(20,21)22)27-18(28-17)24-12(3)13-9-10-13/h5,7-8,11H,4,6,9-10H2,1-3H3,(H2,23,24,26,27,28). The van der Waals surface area contributed by atoms with E-state index in [0.717, 1.165) is 37.4 Å². The van der Waals surface area contributed by atoms with Crippen molar-refractivity contribution < 1.29 is 13.2 Å². The lowest BCUT2D eigenvalue weighted by Gasteiger charge is -2.15. The molecule has 1 aliphatic rings. The Labute approximate surface area is 161 Å². The molecule has 2 aromatic rings. The number of allylic oxidation sites excluding steroid dienone is 2. The number of rotatable bonds is 7. The van der Waals surface area contributed by atoms with Gasteiger partial charge in [-0.25, -0.2) is 4.98 Å². The Hall–Kier alpha value is -2.71. The minimum atomic E-state index is -4.53. The predicted octanol–water partition coefficient (Wildman–Crippen LogP) is 5.03. The van der Waals surface area contributed by atoms with Gasteiger partial charge in [-0.2, -0.15) is 28.1 Å². The fraction of sp³-hybridized carbons (Fsp3) is 0.474. The van der Waals surface area contributed by atoms with E-state index in [1.807, 2.05) is 13.8 Å². The van der Waals surface area contributed by atoms with Crippen molar-refractivity contribution in [2.75, 3.05) is 10.6 Å². The van der Waals surface area contributed by atoms with Crippen LogP contribution in [0.1, 0.15) is 52.1 Å². The summed E-state index contributed by atoms with van der Waals surface area (Å²) in [4.78, 5) is 16.7. The molecule has 2 heterocycles. The van der Waals surface area contributed by atoms with Gasteiger partial charge in [0.1, 0.15) is 11.4 Å². The van der Waals surface area contributed by atoms with Crippen molar-refractivity contribution in [3.05, 3.63) is 35.2 Å². The molecule has 150 valence electrons. The average molecular weight is 392 g/mol. The minimum Gasteiger partial charge on any atom is -0.352 e. The third-order valence-electron chi connectivity index (χ3n) is 4.33. The lowest BCUT2D eigenvalue weighted by molar-refractivity contribution is -0.141. The summed E-state index contributed by atoms with van der Waals surface area (Å²) < 4.78 is 39.1. The van der Waals surface area contributed by atoms with Crippen LogP contribution in [0.4, 0.5) is 25.1 Å². The fourth-order valence-electron chi connectivity index (χ4n) is 2.75. The number of aromatic nitrogens is 4. The molecule has 1 atom stereocenters. The number of anilines is 2. The van der Waals surface area contributed by atoms with Gasteiger partial charge in [-0.15, -0.1) is 0 Å². The smallest absolute Gasteiger partial charge is 0.352 e. The highest BCUT2D eigenvalue weighted by molar-refractivity contribution is 5.55. The van der Waals surface area contributed by atoms with Crippen LogP contribution in [0.15, 0.2) is 29.5 Å². The summed E-state index contributed by atoms with van der Waals surface area (Å²) in [7, 11) is 0. The first-order valence-electron chi connectivity index (χ1n) is 9.29. The van der Waals surface area contributed by atoms with E-state index in [4.69, 9.17) is 0 Å². The molecule has 1 saturated carbocycles. The number of hydrogen-bond acceptors (Lipinski definition) is 6. The van der Waals surface area contributed by atoms with Gasteiger partial charge in [0.25, 0.3) is 0 Å². The second-order valence-corrected chi connectivity index (χ2v) is 6.90. The molecule has 0 radical (unpaired) electrons. The summed E-state index contributed by atoms with van der Waals surface area (Å²) in [6.07, 6.45) is -0.574. The summed E-state index contributed by atoms with van der Waals surface area (Å²) in [6, 6.07) is 3.80. The van der Waals surface area contributed by atoms with Gasteiger partial charge in [0.15, 0.2) is 5.82 Å². The van der Waals surface area contributed by atoms with E-state index in [2.05, 4.69) is 37.5 Å². The molecular formula is C19H23F3N6. The molecule has 2 N–H and O–H groups in total. The zero-order valence-corrected chi connectivity index (χ0v) is 16.1. The largest absolute Gasteiger partial charge is 0.433 e. The summed E-state index contributed by atoms with van der Waals surface area (Å²) in [5, 5.41) is 6.32. The number of halogens is 3. The van der Waals surface area contributed by atoms with Crippen LogP contribution in [-0.4, -0.2) is 26.0 Å².